The molecule has 2 amide bonds. The van der Waals surface area contributed by atoms with E-state index >= 15 is 0 Å². The fourth-order valence-corrected chi connectivity index (χ4v) is 4.06. The van der Waals surface area contributed by atoms with Gasteiger partial charge in [-0.1, -0.05) is 11.6 Å². The lowest BCUT2D eigenvalue weighted by Gasteiger charge is -2.36. The number of amides is 2. The maximum atomic E-state index is 12.6. The number of thioether (sulfide) groups is 1. The van der Waals surface area contributed by atoms with Gasteiger partial charge in [-0.15, -0.1) is 11.8 Å². The molecule has 0 spiro atoms. The van der Waals surface area contributed by atoms with E-state index in [2.05, 4.69) is 5.32 Å². The summed E-state index contributed by atoms with van der Waals surface area (Å²) >= 11 is 7.63. The first-order valence-corrected chi connectivity index (χ1v) is 10.6. The predicted molar refractivity (Wildman–Crippen MR) is 107 cm³/mol. The lowest BCUT2D eigenvalue weighted by Crippen LogP contribution is -2.49. The Morgan fingerprint density at radius 2 is 2.00 bits per heavy atom. The van der Waals surface area contributed by atoms with Gasteiger partial charge in [0.05, 0.1) is 0 Å². The molecular weight excluding hydrogens is 370 g/mol. The molecule has 1 aromatic rings. The number of carbonyl (C=O) groups excluding carboxylic acids is 2. The summed E-state index contributed by atoms with van der Waals surface area (Å²) < 4.78 is 0. The molecule has 26 heavy (non-hydrogen) atoms. The predicted octanol–water partition coefficient (Wildman–Crippen LogP) is 3.06. The number of likely N-dealkylation sites (tertiary alicyclic amines) is 1. The first kappa shape index (κ1) is 21.1. The van der Waals surface area contributed by atoms with Crippen molar-refractivity contribution in [3.63, 3.8) is 0 Å². The zero-order valence-electron chi connectivity index (χ0n) is 15.1. The average Bonchev–Trinajstić information content (AvgIpc) is 2.65. The van der Waals surface area contributed by atoms with Crippen molar-refractivity contribution in [1.82, 2.24) is 10.2 Å². The molecule has 0 aliphatic carbocycles. The second-order valence-electron chi connectivity index (χ2n) is 6.49. The molecule has 1 aliphatic rings. The molecule has 1 aliphatic heterocycles. The minimum absolute atomic E-state index is 0.0372. The minimum atomic E-state index is -0.0372. The van der Waals surface area contributed by atoms with Gasteiger partial charge in [-0.05, 0) is 55.7 Å². The largest absolute Gasteiger partial charge is 0.354 e. The highest BCUT2D eigenvalue weighted by Gasteiger charge is 2.26. The van der Waals surface area contributed by atoms with Crippen molar-refractivity contribution in [3.05, 3.63) is 29.3 Å². The van der Waals surface area contributed by atoms with Crippen LogP contribution in [-0.4, -0.2) is 48.1 Å². The highest BCUT2D eigenvalue weighted by Crippen LogP contribution is 2.22. The molecule has 3 N–H and O–H groups in total. The van der Waals surface area contributed by atoms with Crippen molar-refractivity contribution in [2.75, 3.05) is 25.4 Å². The third-order valence-corrected chi connectivity index (χ3v) is 5.82. The van der Waals surface area contributed by atoms with Crippen LogP contribution in [0.25, 0.3) is 0 Å². The number of nitrogens with zero attached hydrogens (tertiary/aromatic N) is 1. The molecule has 7 heteroatoms. The Balaban J connectivity index is 1.72. The van der Waals surface area contributed by atoms with Gasteiger partial charge in [0.2, 0.25) is 11.8 Å². The monoisotopic (exact) mass is 397 g/mol. The van der Waals surface area contributed by atoms with Gasteiger partial charge in [-0.2, -0.15) is 0 Å². The average molecular weight is 398 g/mol. The smallest absolute Gasteiger partial charge is 0.222 e. The lowest BCUT2D eigenvalue weighted by molar-refractivity contribution is -0.135. The van der Waals surface area contributed by atoms with Gasteiger partial charge in [0, 0.05) is 48.4 Å². The number of benzene rings is 1. The molecule has 0 saturated carbocycles. The van der Waals surface area contributed by atoms with Crippen molar-refractivity contribution in [2.45, 2.75) is 49.5 Å². The lowest BCUT2D eigenvalue weighted by atomic mass is 10.0. The molecule has 1 saturated heterocycles. The van der Waals surface area contributed by atoms with Gasteiger partial charge in [0.25, 0.3) is 0 Å². The zero-order valence-corrected chi connectivity index (χ0v) is 16.7. The molecule has 1 unspecified atom stereocenters. The third-order valence-electron chi connectivity index (χ3n) is 4.47. The molecule has 0 aromatic heterocycles. The summed E-state index contributed by atoms with van der Waals surface area (Å²) in [4.78, 5) is 27.3. The van der Waals surface area contributed by atoms with E-state index in [1.54, 1.807) is 11.8 Å². The Labute approximate surface area is 165 Å². The van der Waals surface area contributed by atoms with Crippen LogP contribution < -0.4 is 11.1 Å². The van der Waals surface area contributed by atoms with E-state index in [1.165, 1.54) is 4.90 Å². The third kappa shape index (κ3) is 7.17. The molecule has 1 heterocycles. The molecule has 5 nitrogen and oxygen atoms in total. The van der Waals surface area contributed by atoms with Crippen LogP contribution in [-0.2, 0) is 9.59 Å². The Hall–Kier alpha value is -1.24. The first-order chi connectivity index (χ1) is 12.6. The van der Waals surface area contributed by atoms with Gasteiger partial charge in [-0.3, -0.25) is 9.59 Å². The normalized spacial score (nSPS) is 17.2. The molecule has 1 atom stereocenters. The summed E-state index contributed by atoms with van der Waals surface area (Å²) in [5.41, 5.74) is 5.40. The van der Waals surface area contributed by atoms with Crippen LogP contribution >= 0.6 is 23.4 Å². The number of carbonyl (C=O) groups is 2. The Kier molecular flexibility index (Phi) is 9.29. The number of hydrogen-bond acceptors (Lipinski definition) is 4. The Bertz CT molecular complexity index is 583. The van der Waals surface area contributed by atoms with Crippen LogP contribution in [0.15, 0.2) is 29.2 Å². The number of piperidine rings is 1. The van der Waals surface area contributed by atoms with E-state index in [9.17, 15) is 9.59 Å². The Morgan fingerprint density at radius 3 is 2.73 bits per heavy atom. The highest BCUT2D eigenvalue weighted by atomic mass is 35.5. The maximum absolute atomic E-state index is 12.6. The van der Waals surface area contributed by atoms with Crippen LogP contribution in [0.5, 0.6) is 0 Å². The minimum Gasteiger partial charge on any atom is -0.354 e. The van der Waals surface area contributed by atoms with Gasteiger partial charge < -0.3 is 16.0 Å². The van der Waals surface area contributed by atoms with Crippen molar-refractivity contribution in [1.29, 1.82) is 0 Å². The van der Waals surface area contributed by atoms with Gasteiger partial charge in [-0.25, -0.2) is 0 Å². The second kappa shape index (κ2) is 11.5. The van der Waals surface area contributed by atoms with Gasteiger partial charge in [0.15, 0.2) is 0 Å². The second-order valence-corrected chi connectivity index (χ2v) is 8.09. The summed E-state index contributed by atoms with van der Waals surface area (Å²) in [6, 6.07) is 7.87. The molecular formula is C19H28ClN3O2S. The quantitative estimate of drug-likeness (QED) is 0.496. The van der Waals surface area contributed by atoms with Crippen molar-refractivity contribution >= 4 is 35.2 Å². The molecule has 2 rings (SSSR count). The SMILES string of the molecule is NCCC(=O)NCC1CCCCN1C(=O)CCCSc1ccc(Cl)cc1. The van der Waals surface area contributed by atoms with Crippen molar-refractivity contribution in [3.8, 4) is 0 Å². The fraction of sp³-hybridized carbons (Fsp3) is 0.579. The summed E-state index contributed by atoms with van der Waals surface area (Å²) in [5, 5.41) is 3.64. The van der Waals surface area contributed by atoms with E-state index in [-0.39, 0.29) is 17.9 Å². The van der Waals surface area contributed by atoms with Crippen molar-refractivity contribution in [2.24, 2.45) is 5.73 Å². The first-order valence-electron chi connectivity index (χ1n) is 9.24. The summed E-state index contributed by atoms with van der Waals surface area (Å²) in [7, 11) is 0. The van der Waals surface area contributed by atoms with E-state index in [0.717, 1.165) is 43.0 Å². The van der Waals surface area contributed by atoms with E-state index in [4.69, 9.17) is 17.3 Å². The summed E-state index contributed by atoms with van der Waals surface area (Å²) in [5.74, 6) is 1.06. The van der Waals surface area contributed by atoms with Crippen LogP contribution in [0.1, 0.15) is 38.5 Å². The summed E-state index contributed by atoms with van der Waals surface area (Å²) in [6.07, 6.45) is 4.83. The van der Waals surface area contributed by atoms with Gasteiger partial charge >= 0.3 is 0 Å². The fourth-order valence-electron chi connectivity index (χ4n) is 3.08. The van der Waals surface area contributed by atoms with Crippen LogP contribution in [0, 0.1) is 0 Å². The molecule has 0 bridgehead atoms. The Morgan fingerprint density at radius 1 is 1.23 bits per heavy atom. The number of nitrogens with one attached hydrogen (secondary N) is 1. The van der Waals surface area contributed by atoms with Crippen LogP contribution in [0.3, 0.4) is 0 Å². The topological polar surface area (TPSA) is 75.4 Å². The highest BCUT2D eigenvalue weighted by molar-refractivity contribution is 7.99. The molecule has 1 fully saturated rings. The van der Waals surface area contributed by atoms with Crippen LogP contribution in [0.4, 0.5) is 0 Å². The molecule has 0 radical (unpaired) electrons. The standard InChI is InChI=1S/C19H28ClN3O2S/c20-15-6-8-17(9-7-15)26-13-3-5-19(25)23-12-2-1-4-16(23)14-22-18(24)10-11-21/h6-9,16H,1-5,10-14,21H2,(H,22,24). The number of rotatable bonds is 9. The number of halogens is 1. The van der Waals surface area contributed by atoms with E-state index in [0.29, 0.717) is 25.9 Å². The van der Waals surface area contributed by atoms with E-state index in [1.807, 2.05) is 29.2 Å². The van der Waals surface area contributed by atoms with Crippen molar-refractivity contribution < 1.29 is 9.59 Å². The van der Waals surface area contributed by atoms with Gasteiger partial charge in [0.1, 0.15) is 0 Å². The number of nitrogens with two attached hydrogens (primary N) is 1. The van der Waals surface area contributed by atoms with E-state index < -0.39 is 0 Å². The molecule has 144 valence electrons. The van der Waals surface area contributed by atoms with Crippen LogP contribution in [0.2, 0.25) is 5.02 Å². The number of hydrogen-bond donors (Lipinski definition) is 2. The molecule has 1 aromatic carbocycles. The maximum Gasteiger partial charge on any atom is 0.222 e. The summed E-state index contributed by atoms with van der Waals surface area (Å²) in [6.45, 7) is 1.68. The zero-order chi connectivity index (χ0) is 18.8.